The molecular formula is C8H6BrClO. The van der Waals surface area contributed by atoms with Crippen LogP contribution in [-0.4, -0.2) is 6.61 Å². The molecule has 0 saturated carbocycles. The summed E-state index contributed by atoms with van der Waals surface area (Å²) in [5.74, 6) is 0.921. The average molecular weight is 233 g/mol. The molecule has 0 radical (unpaired) electrons. The van der Waals surface area contributed by atoms with Crippen LogP contribution in [0.2, 0.25) is 5.02 Å². The van der Waals surface area contributed by atoms with Gasteiger partial charge in [-0.3, -0.25) is 0 Å². The van der Waals surface area contributed by atoms with Crippen molar-refractivity contribution in [3.8, 4) is 5.75 Å². The van der Waals surface area contributed by atoms with Crippen LogP contribution >= 0.6 is 27.5 Å². The van der Waals surface area contributed by atoms with Crippen LogP contribution in [0.1, 0.15) is 5.56 Å². The van der Waals surface area contributed by atoms with E-state index >= 15 is 0 Å². The molecule has 0 N–H and O–H groups in total. The molecule has 0 amide bonds. The third kappa shape index (κ3) is 1.25. The minimum Gasteiger partial charge on any atom is -0.493 e. The number of halogens is 2. The lowest BCUT2D eigenvalue weighted by Crippen LogP contribution is -1.85. The number of hydrogen-bond donors (Lipinski definition) is 0. The molecule has 0 unspecified atom stereocenters. The van der Waals surface area contributed by atoms with Gasteiger partial charge < -0.3 is 4.74 Å². The topological polar surface area (TPSA) is 9.23 Å². The molecule has 2 rings (SSSR count). The van der Waals surface area contributed by atoms with Crippen LogP contribution in [0.15, 0.2) is 16.6 Å². The Labute approximate surface area is 78.4 Å². The van der Waals surface area contributed by atoms with E-state index in [1.165, 1.54) is 5.56 Å². The molecule has 1 aliphatic rings. The van der Waals surface area contributed by atoms with E-state index in [0.717, 1.165) is 28.3 Å². The summed E-state index contributed by atoms with van der Waals surface area (Å²) in [4.78, 5) is 0. The summed E-state index contributed by atoms with van der Waals surface area (Å²) in [7, 11) is 0. The van der Waals surface area contributed by atoms with Crippen LogP contribution in [0, 0.1) is 0 Å². The highest BCUT2D eigenvalue weighted by molar-refractivity contribution is 9.10. The zero-order valence-electron chi connectivity index (χ0n) is 5.73. The Balaban J connectivity index is 2.60. The molecule has 0 saturated heterocycles. The minimum absolute atomic E-state index is 0.720. The fourth-order valence-corrected chi connectivity index (χ4v) is 2.19. The van der Waals surface area contributed by atoms with Crippen LogP contribution in [-0.2, 0) is 6.42 Å². The molecule has 0 fully saturated rings. The summed E-state index contributed by atoms with van der Waals surface area (Å²) in [5, 5.41) is 0.720. The third-order valence-electron chi connectivity index (χ3n) is 1.73. The van der Waals surface area contributed by atoms with E-state index in [0.29, 0.717) is 0 Å². The van der Waals surface area contributed by atoms with Gasteiger partial charge in [0.1, 0.15) is 5.75 Å². The van der Waals surface area contributed by atoms with Crippen LogP contribution in [0.5, 0.6) is 5.75 Å². The van der Waals surface area contributed by atoms with Gasteiger partial charge in [-0.25, -0.2) is 0 Å². The Morgan fingerprint density at radius 2 is 2.27 bits per heavy atom. The molecule has 0 spiro atoms. The van der Waals surface area contributed by atoms with E-state index in [1.807, 2.05) is 12.1 Å². The second kappa shape index (κ2) is 2.68. The van der Waals surface area contributed by atoms with Crippen molar-refractivity contribution in [3.63, 3.8) is 0 Å². The maximum Gasteiger partial charge on any atom is 0.125 e. The van der Waals surface area contributed by atoms with Gasteiger partial charge in [-0.15, -0.1) is 0 Å². The highest BCUT2D eigenvalue weighted by Gasteiger charge is 2.15. The Bertz CT molecular complexity index is 298. The summed E-state index contributed by atoms with van der Waals surface area (Å²) in [6.07, 6.45) is 0.979. The summed E-state index contributed by atoms with van der Waals surface area (Å²) in [6.45, 7) is 0.772. The summed E-state index contributed by atoms with van der Waals surface area (Å²) in [5.41, 5.74) is 1.23. The van der Waals surface area contributed by atoms with Crippen molar-refractivity contribution in [2.75, 3.05) is 6.61 Å². The first-order chi connectivity index (χ1) is 5.27. The van der Waals surface area contributed by atoms with Crippen molar-refractivity contribution < 1.29 is 4.74 Å². The molecule has 1 aliphatic heterocycles. The van der Waals surface area contributed by atoms with Gasteiger partial charge in [-0.1, -0.05) is 27.5 Å². The number of ether oxygens (including phenoxy) is 1. The van der Waals surface area contributed by atoms with Crippen LogP contribution in [0.25, 0.3) is 0 Å². The fraction of sp³-hybridized carbons (Fsp3) is 0.250. The average Bonchev–Trinajstić information content (AvgIpc) is 2.34. The van der Waals surface area contributed by atoms with Crippen molar-refractivity contribution in [2.24, 2.45) is 0 Å². The van der Waals surface area contributed by atoms with Crippen molar-refractivity contribution in [2.45, 2.75) is 6.42 Å². The first-order valence-corrected chi connectivity index (χ1v) is 4.55. The molecule has 0 bridgehead atoms. The number of rotatable bonds is 0. The Hall–Kier alpha value is -0.210. The zero-order chi connectivity index (χ0) is 7.84. The Kier molecular flexibility index (Phi) is 1.81. The predicted octanol–water partition coefficient (Wildman–Crippen LogP) is 3.04. The molecule has 0 aromatic heterocycles. The van der Waals surface area contributed by atoms with E-state index in [2.05, 4.69) is 15.9 Å². The predicted molar refractivity (Wildman–Crippen MR) is 48.4 cm³/mol. The van der Waals surface area contributed by atoms with E-state index in [4.69, 9.17) is 16.3 Å². The van der Waals surface area contributed by atoms with Crippen molar-refractivity contribution >= 4 is 27.5 Å². The Morgan fingerprint density at radius 3 is 3.09 bits per heavy atom. The molecular weight excluding hydrogens is 227 g/mol. The second-order valence-corrected chi connectivity index (χ2v) is 3.75. The molecule has 0 aliphatic carbocycles. The van der Waals surface area contributed by atoms with Gasteiger partial charge in [0.2, 0.25) is 0 Å². The lowest BCUT2D eigenvalue weighted by atomic mass is 10.2. The van der Waals surface area contributed by atoms with Crippen LogP contribution in [0.3, 0.4) is 0 Å². The van der Waals surface area contributed by atoms with Gasteiger partial charge in [0, 0.05) is 21.5 Å². The Morgan fingerprint density at radius 1 is 1.45 bits per heavy atom. The summed E-state index contributed by atoms with van der Waals surface area (Å²) >= 11 is 9.25. The van der Waals surface area contributed by atoms with Crippen molar-refractivity contribution in [1.82, 2.24) is 0 Å². The van der Waals surface area contributed by atoms with Crippen LogP contribution < -0.4 is 4.74 Å². The van der Waals surface area contributed by atoms with E-state index < -0.39 is 0 Å². The van der Waals surface area contributed by atoms with Crippen molar-refractivity contribution in [3.05, 3.63) is 27.2 Å². The first kappa shape index (κ1) is 7.44. The van der Waals surface area contributed by atoms with Gasteiger partial charge in [0.15, 0.2) is 0 Å². The molecule has 58 valence electrons. The van der Waals surface area contributed by atoms with E-state index in [1.54, 1.807) is 0 Å². The lowest BCUT2D eigenvalue weighted by molar-refractivity contribution is 0.357. The summed E-state index contributed by atoms with van der Waals surface area (Å²) < 4.78 is 6.40. The molecule has 1 aromatic rings. The third-order valence-corrected chi connectivity index (χ3v) is 2.65. The maximum atomic E-state index is 5.82. The lowest BCUT2D eigenvalue weighted by Gasteiger charge is -2.00. The van der Waals surface area contributed by atoms with E-state index in [9.17, 15) is 0 Å². The molecule has 1 aromatic carbocycles. The largest absolute Gasteiger partial charge is 0.493 e. The second-order valence-electron chi connectivity index (χ2n) is 2.46. The SMILES string of the molecule is Clc1cc(Br)c2c(c1)OCC2. The number of fused-ring (bicyclic) bond motifs is 1. The van der Waals surface area contributed by atoms with Crippen molar-refractivity contribution in [1.29, 1.82) is 0 Å². The van der Waals surface area contributed by atoms with Gasteiger partial charge >= 0.3 is 0 Å². The quantitative estimate of drug-likeness (QED) is 0.669. The number of hydrogen-bond acceptors (Lipinski definition) is 1. The highest BCUT2D eigenvalue weighted by atomic mass is 79.9. The monoisotopic (exact) mass is 232 g/mol. The standard InChI is InChI=1S/C8H6BrClO/c9-7-3-5(10)4-8-6(7)1-2-11-8/h3-4H,1-2H2. The zero-order valence-corrected chi connectivity index (χ0v) is 8.08. The van der Waals surface area contributed by atoms with Gasteiger partial charge in [0.25, 0.3) is 0 Å². The van der Waals surface area contributed by atoms with E-state index in [-0.39, 0.29) is 0 Å². The van der Waals surface area contributed by atoms with Gasteiger partial charge in [0.05, 0.1) is 6.61 Å². The van der Waals surface area contributed by atoms with Crippen LogP contribution in [0.4, 0.5) is 0 Å². The van der Waals surface area contributed by atoms with Gasteiger partial charge in [-0.05, 0) is 12.1 Å². The first-order valence-electron chi connectivity index (χ1n) is 3.38. The van der Waals surface area contributed by atoms with Gasteiger partial charge in [-0.2, -0.15) is 0 Å². The maximum absolute atomic E-state index is 5.82. The molecule has 3 heteroatoms. The normalized spacial score (nSPS) is 14.4. The fourth-order valence-electron chi connectivity index (χ4n) is 1.21. The minimum atomic E-state index is 0.720. The molecule has 11 heavy (non-hydrogen) atoms. The smallest absolute Gasteiger partial charge is 0.125 e. The molecule has 1 nitrogen and oxygen atoms in total. The number of benzene rings is 1. The molecule has 1 heterocycles. The molecule has 0 atom stereocenters. The summed E-state index contributed by atoms with van der Waals surface area (Å²) in [6, 6.07) is 3.75. The highest BCUT2D eigenvalue weighted by Crippen LogP contribution is 2.34.